The third-order valence-corrected chi connectivity index (χ3v) is 2.61. The van der Waals surface area contributed by atoms with Crippen molar-refractivity contribution in [3.8, 4) is 5.88 Å². The molecule has 3 heterocycles. The second kappa shape index (κ2) is 3.99. The maximum absolute atomic E-state index is 5.23. The molecule has 0 aliphatic carbocycles. The Morgan fingerprint density at radius 2 is 2.35 bits per heavy atom. The SMILES string of the molecule is COc1ncccc1C1=CC2=NNNC2N=C1. The van der Waals surface area contributed by atoms with Crippen molar-refractivity contribution in [1.29, 1.82) is 0 Å². The molecular formula is C11H11N5O. The van der Waals surface area contributed by atoms with Crippen LogP contribution in [0.25, 0.3) is 5.57 Å². The number of hydrazine groups is 1. The first-order valence-electron chi connectivity index (χ1n) is 5.21. The summed E-state index contributed by atoms with van der Waals surface area (Å²) in [6, 6.07) is 3.81. The maximum atomic E-state index is 5.23. The number of aromatic nitrogens is 1. The Balaban J connectivity index is 2.02. The van der Waals surface area contributed by atoms with Crippen LogP contribution in [0.3, 0.4) is 0 Å². The third kappa shape index (κ3) is 1.68. The lowest BCUT2D eigenvalue weighted by atomic mass is 10.0. The molecule has 0 saturated carbocycles. The molecule has 0 fully saturated rings. The molecule has 0 spiro atoms. The van der Waals surface area contributed by atoms with E-state index in [1.807, 2.05) is 18.2 Å². The summed E-state index contributed by atoms with van der Waals surface area (Å²) in [6.45, 7) is 0. The van der Waals surface area contributed by atoms with Gasteiger partial charge in [-0.3, -0.25) is 4.99 Å². The van der Waals surface area contributed by atoms with Crippen LogP contribution in [-0.4, -0.2) is 30.2 Å². The molecule has 0 bridgehead atoms. The number of hydrogen-bond acceptors (Lipinski definition) is 6. The lowest BCUT2D eigenvalue weighted by Gasteiger charge is -2.13. The van der Waals surface area contributed by atoms with E-state index in [4.69, 9.17) is 4.74 Å². The number of allylic oxidation sites excluding steroid dienone is 1. The highest BCUT2D eigenvalue weighted by Gasteiger charge is 2.22. The average molecular weight is 229 g/mol. The molecule has 3 rings (SSSR count). The van der Waals surface area contributed by atoms with E-state index in [0.29, 0.717) is 5.88 Å². The molecule has 86 valence electrons. The molecule has 2 aliphatic rings. The molecule has 1 aromatic heterocycles. The van der Waals surface area contributed by atoms with E-state index in [0.717, 1.165) is 16.8 Å². The number of nitrogens with one attached hydrogen (secondary N) is 2. The molecule has 0 radical (unpaired) electrons. The van der Waals surface area contributed by atoms with Crippen LogP contribution in [0.5, 0.6) is 5.88 Å². The molecular weight excluding hydrogens is 218 g/mol. The number of methoxy groups -OCH3 is 1. The van der Waals surface area contributed by atoms with Crippen molar-refractivity contribution in [3.05, 3.63) is 30.0 Å². The van der Waals surface area contributed by atoms with Crippen molar-refractivity contribution in [2.45, 2.75) is 6.17 Å². The topological polar surface area (TPSA) is 70.9 Å². The van der Waals surface area contributed by atoms with Crippen LogP contribution in [0.2, 0.25) is 0 Å². The molecule has 17 heavy (non-hydrogen) atoms. The normalized spacial score (nSPS) is 21.4. The Morgan fingerprint density at radius 1 is 1.41 bits per heavy atom. The summed E-state index contributed by atoms with van der Waals surface area (Å²) in [5, 5.41) is 4.09. The van der Waals surface area contributed by atoms with Gasteiger partial charge in [0.25, 0.3) is 0 Å². The van der Waals surface area contributed by atoms with Gasteiger partial charge in [-0.2, -0.15) is 10.5 Å². The predicted molar refractivity (Wildman–Crippen MR) is 64.8 cm³/mol. The van der Waals surface area contributed by atoms with Gasteiger partial charge in [0.1, 0.15) is 5.71 Å². The Morgan fingerprint density at radius 3 is 3.24 bits per heavy atom. The number of dihydropyridines is 1. The lowest BCUT2D eigenvalue weighted by Crippen LogP contribution is -2.34. The van der Waals surface area contributed by atoms with Crippen LogP contribution >= 0.6 is 0 Å². The van der Waals surface area contributed by atoms with E-state index >= 15 is 0 Å². The molecule has 2 aliphatic heterocycles. The fourth-order valence-corrected chi connectivity index (χ4v) is 1.79. The molecule has 0 amide bonds. The summed E-state index contributed by atoms with van der Waals surface area (Å²) in [7, 11) is 1.60. The zero-order chi connectivity index (χ0) is 11.7. The first kappa shape index (κ1) is 9.98. The quantitative estimate of drug-likeness (QED) is 0.767. The van der Waals surface area contributed by atoms with Crippen LogP contribution in [0.4, 0.5) is 0 Å². The Hall–Kier alpha value is -2.21. The van der Waals surface area contributed by atoms with Gasteiger partial charge in [0, 0.05) is 23.5 Å². The van der Waals surface area contributed by atoms with Crippen LogP contribution in [0.1, 0.15) is 5.56 Å². The summed E-state index contributed by atoms with van der Waals surface area (Å²) >= 11 is 0. The van der Waals surface area contributed by atoms with Gasteiger partial charge in [-0.25, -0.2) is 10.5 Å². The maximum Gasteiger partial charge on any atom is 0.221 e. The first-order chi connectivity index (χ1) is 8.38. The molecule has 6 heteroatoms. The van der Waals surface area contributed by atoms with Gasteiger partial charge in [-0.1, -0.05) is 0 Å². The van der Waals surface area contributed by atoms with Crippen molar-refractivity contribution in [2.75, 3.05) is 7.11 Å². The lowest BCUT2D eigenvalue weighted by molar-refractivity contribution is 0.396. The number of fused-ring (bicyclic) bond motifs is 1. The van der Waals surface area contributed by atoms with Crippen LogP contribution in [0.15, 0.2) is 34.5 Å². The fraction of sp³-hybridized carbons (Fsp3) is 0.182. The molecule has 0 aromatic carbocycles. The minimum Gasteiger partial charge on any atom is -0.481 e. The molecule has 1 unspecified atom stereocenters. The number of pyridine rings is 1. The number of ether oxygens (including phenoxy) is 1. The standard InChI is InChI=1S/C11H11N5O/c1-17-11-8(3-2-4-12-11)7-5-9-10(13-6-7)15-16-14-9/h2-6,10,15-16H,1H3. The smallest absolute Gasteiger partial charge is 0.221 e. The highest BCUT2D eigenvalue weighted by Crippen LogP contribution is 2.24. The number of hydrogen-bond donors (Lipinski definition) is 2. The molecule has 2 N–H and O–H groups in total. The molecule has 6 nitrogen and oxygen atoms in total. The highest BCUT2D eigenvalue weighted by molar-refractivity contribution is 6.22. The summed E-state index contributed by atoms with van der Waals surface area (Å²) < 4.78 is 5.23. The summed E-state index contributed by atoms with van der Waals surface area (Å²) in [5.74, 6) is 0.586. The van der Waals surface area contributed by atoms with Crippen molar-refractivity contribution < 1.29 is 4.74 Å². The van der Waals surface area contributed by atoms with Crippen molar-refractivity contribution >= 4 is 17.5 Å². The van der Waals surface area contributed by atoms with E-state index < -0.39 is 0 Å². The highest BCUT2D eigenvalue weighted by atomic mass is 16.5. The van der Waals surface area contributed by atoms with E-state index in [2.05, 4.69) is 26.0 Å². The fourth-order valence-electron chi connectivity index (χ4n) is 1.79. The summed E-state index contributed by atoms with van der Waals surface area (Å²) in [4.78, 5) is 8.51. The summed E-state index contributed by atoms with van der Waals surface area (Å²) in [5.41, 5.74) is 8.32. The summed E-state index contributed by atoms with van der Waals surface area (Å²) in [6.07, 6.45) is 5.36. The van der Waals surface area contributed by atoms with Gasteiger partial charge in [-0.15, -0.1) is 0 Å². The predicted octanol–water partition coefficient (Wildman–Crippen LogP) is 0.348. The number of nitrogens with zero attached hydrogens (tertiary/aromatic N) is 3. The zero-order valence-corrected chi connectivity index (χ0v) is 9.21. The molecule has 1 atom stereocenters. The van der Waals surface area contributed by atoms with Gasteiger partial charge in [0.05, 0.1) is 7.11 Å². The second-order valence-electron chi connectivity index (χ2n) is 3.63. The first-order valence-corrected chi connectivity index (χ1v) is 5.21. The zero-order valence-electron chi connectivity index (χ0n) is 9.21. The average Bonchev–Trinajstić information content (AvgIpc) is 2.85. The van der Waals surface area contributed by atoms with E-state index in [1.54, 1.807) is 19.5 Å². The molecule has 0 saturated heterocycles. The Labute approximate surface area is 98.1 Å². The van der Waals surface area contributed by atoms with Crippen LogP contribution in [-0.2, 0) is 0 Å². The minimum atomic E-state index is -0.0959. The Kier molecular flexibility index (Phi) is 2.34. The number of hydrazone groups is 1. The van der Waals surface area contributed by atoms with Crippen LogP contribution in [0, 0.1) is 0 Å². The van der Waals surface area contributed by atoms with Gasteiger partial charge >= 0.3 is 0 Å². The molecule has 1 aromatic rings. The largest absolute Gasteiger partial charge is 0.481 e. The van der Waals surface area contributed by atoms with Crippen molar-refractivity contribution in [1.82, 2.24) is 15.9 Å². The van der Waals surface area contributed by atoms with E-state index in [1.165, 1.54) is 0 Å². The monoisotopic (exact) mass is 229 g/mol. The number of aliphatic imine (C=N–C) groups is 1. The number of rotatable bonds is 2. The van der Waals surface area contributed by atoms with Gasteiger partial charge in [0.2, 0.25) is 5.88 Å². The minimum absolute atomic E-state index is 0.0959. The van der Waals surface area contributed by atoms with E-state index in [9.17, 15) is 0 Å². The van der Waals surface area contributed by atoms with Gasteiger partial charge in [-0.05, 0) is 18.2 Å². The van der Waals surface area contributed by atoms with E-state index in [-0.39, 0.29) is 6.17 Å². The third-order valence-electron chi connectivity index (χ3n) is 2.61. The van der Waals surface area contributed by atoms with Crippen LogP contribution < -0.4 is 15.7 Å². The second-order valence-corrected chi connectivity index (χ2v) is 3.63. The van der Waals surface area contributed by atoms with Crippen molar-refractivity contribution in [3.63, 3.8) is 0 Å². The van der Waals surface area contributed by atoms with Gasteiger partial charge < -0.3 is 4.74 Å². The van der Waals surface area contributed by atoms with Crippen molar-refractivity contribution in [2.24, 2.45) is 10.1 Å². The Bertz CT molecular complexity index is 534. The van der Waals surface area contributed by atoms with Gasteiger partial charge in [0.15, 0.2) is 6.17 Å².